The highest BCUT2D eigenvalue weighted by Gasteiger charge is 2.59. The van der Waals surface area contributed by atoms with Crippen molar-refractivity contribution in [3.05, 3.63) is 11.6 Å². The van der Waals surface area contributed by atoms with E-state index in [9.17, 15) is 9.59 Å². The molecule has 0 amide bonds. The highest BCUT2D eigenvalue weighted by molar-refractivity contribution is 5.66. The number of hydrogen-bond donors (Lipinski definition) is 1. The Hall–Kier alpha value is -1.52. The van der Waals surface area contributed by atoms with E-state index in [2.05, 4.69) is 26.8 Å². The molecule has 8 atom stereocenters. The van der Waals surface area contributed by atoms with Crippen LogP contribution in [0, 0.1) is 40.4 Å². The zero-order valence-corrected chi connectivity index (χ0v) is 22.2. The Kier molecular flexibility index (Phi) is 6.89. The van der Waals surface area contributed by atoms with Gasteiger partial charge >= 0.3 is 12.1 Å². The van der Waals surface area contributed by atoms with Gasteiger partial charge in [0.2, 0.25) is 0 Å². The van der Waals surface area contributed by atoms with E-state index < -0.39 is 6.16 Å². The Labute approximate surface area is 206 Å². The molecule has 0 aromatic rings. The molecule has 0 heterocycles. The molecule has 34 heavy (non-hydrogen) atoms. The molecule has 3 fully saturated rings. The third-order valence-electron chi connectivity index (χ3n) is 10.7. The molecule has 5 heteroatoms. The first-order chi connectivity index (χ1) is 15.9. The van der Waals surface area contributed by atoms with Gasteiger partial charge in [-0.2, -0.15) is 0 Å². The van der Waals surface area contributed by atoms with Crippen LogP contribution in [0.25, 0.3) is 0 Å². The lowest BCUT2D eigenvalue weighted by molar-refractivity contribution is -0.154. The van der Waals surface area contributed by atoms with Crippen LogP contribution in [0.1, 0.15) is 106 Å². The third kappa shape index (κ3) is 4.65. The number of fused-ring (bicyclic) bond motifs is 5. The van der Waals surface area contributed by atoms with Crippen molar-refractivity contribution in [2.75, 3.05) is 0 Å². The molecular formula is C29H46O5. The molecule has 4 rings (SSSR count). The van der Waals surface area contributed by atoms with E-state index in [1.807, 2.05) is 13.8 Å². The number of hydrogen-bond acceptors (Lipinski definition) is 4. The first-order valence-corrected chi connectivity index (χ1v) is 13.6. The maximum Gasteiger partial charge on any atom is 0.506 e. The standard InChI is InChI=1S/C29H46O5/c1-18(11-14-27(3,4)34-19(2)30)23-9-10-24-22-8-7-20-17-21(33-26(31)32)12-15-28(20,5)25(22)13-16-29(23,24)6/h7,18,21-25H,8-17H2,1-6H3,(H,31,32)/t18-,21?,22?,23?,24?,25?,28?,29?/m1/s1. The SMILES string of the molecule is CC(=O)OC(C)(C)CC[C@@H](C)C1CCC2C3CC=C4CC(OC(=O)O)CCC4(C)C3CCC21C. The summed E-state index contributed by atoms with van der Waals surface area (Å²) in [4.78, 5) is 22.5. The summed E-state index contributed by atoms with van der Waals surface area (Å²) in [5.74, 6) is 3.43. The van der Waals surface area contributed by atoms with Crippen LogP contribution in [-0.2, 0) is 14.3 Å². The summed E-state index contributed by atoms with van der Waals surface area (Å²) < 4.78 is 10.7. The molecule has 5 nitrogen and oxygen atoms in total. The van der Waals surface area contributed by atoms with Gasteiger partial charge in [-0.05, 0) is 112 Å². The number of ether oxygens (including phenoxy) is 2. The smallest absolute Gasteiger partial charge is 0.460 e. The second kappa shape index (κ2) is 9.17. The Bertz CT molecular complexity index is 830. The number of rotatable bonds is 6. The normalized spacial score (nSPS) is 40.3. The topological polar surface area (TPSA) is 72.8 Å². The van der Waals surface area contributed by atoms with Gasteiger partial charge in [0.25, 0.3) is 0 Å². The predicted octanol–water partition coefficient (Wildman–Crippen LogP) is 7.39. The molecular weight excluding hydrogens is 428 g/mol. The fourth-order valence-electron chi connectivity index (χ4n) is 9.06. The van der Waals surface area contributed by atoms with E-state index in [4.69, 9.17) is 14.6 Å². The quantitative estimate of drug-likeness (QED) is 0.321. The molecule has 0 aliphatic heterocycles. The van der Waals surface area contributed by atoms with Gasteiger partial charge in [-0.15, -0.1) is 0 Å². The lowest BCUT2D eigenvalue weighted by atomic mass is 9.47. The molecule has 7 unspecified atom stereocenters. The average Bonchev–Trinajstić information content (AvgIpc) is 3.08. The number of carbonyl (C=O) groups is 2. The Morgan fingerprint density at radius 2 is 1.88 bits per heavy atom. The van der Waals surface area contributed by atoms with Gasteiger partial charge in [0.15, 0.2) is 0 Å². The van der Waals surface area contributed by atoms with Gasteiger partial charge in [0, 0.05) is 13.3 Å². The van der Waals surface area contributed by atoms with Crippen molar-refractivity contribution in [1.82, 2.24) is 0 Å². The summed E-state index contributed by atoms with van der Waals surface area (Å²) in [5, 5.41) is 9.07. The molecule has 0 saturated heterocycles. The van der Waals surface area contributed by atoms with Crippen molar-refractivity contribution >= 4 is 12.1 Å². The van der Waals surface area contributed by atoms with E-state index in [1.54, 1.807) is 0 Å². The first-order valence-electron chi connectivity index (χ1n) is 13.6. The first kappa shape index (κ1) is 25.6. The minimum Gasteiger partial charge on any atom is -0.460 e. The molecule has 4 aliphatic carbocycles. The van der Waals surface area contributed by atoms with Crippen LogP contribution < -0.4 is 0 Å². The zero-order chi connectivity index (χ0) is 24.9. The van der Waals surface area contributed by atoms with Crippen molar-refractivity contribution in [2.24, 2.45) is 40.4 Å². The lowest BCUT2D eigenvalue weighted by Crippen LogP contribution is -2.51. The van der Waals surface area contributed by atoms with E-state index >= 15 is 0 Å². The summed E-state index contributed by atoms with van der Waals surface area (Å²) in [6.07, 6.45) is 12.3. The van der Waals surface area contributed by atoms with Crippen LogP contribution in [0.2, 0.25) is 0 Å². The Morgan fingerprint density at radius 1 is 1.15 bits per heavy atom. The number of carbonyl (C=O) groups excluding carboxylic acids is 1. The molecule has 0 aromatic carbocycles. The van der Waals surface area contributed by atoms with Gasteiger partial charge < -0.3 is 14.6 Å². The zero-order valence-electron chi connectivity index (χ0n) is 22.2. The number of allylic oxidation sites excluding steroid dienone is 1. The summed E-state index contributed by atoms with van der Waals surface area (Å²) in [6.45, 7) is 13.0. The second-order valence-electron chi connectivity index (χ2n) is 13.1. The van der Waals surface area contributed by atoms with Gasteiger partial charge in [0.05, 0.1) is 0 Å². The largest absolute Gasteiger partial charge is 0.506 e. The predicted molar refractivity (Wildman–Crippen MR) is 132 cm³/mol. The minimum absolute atomic E-state index is 0.171. The molecule has 0 spiro atoms. The fourth-order valence-corrected chi connectivity index (χ4v) is 9.06. The van der Waals surface area contributed by atoms with Crippen molar-refractivity contribution in [3.8, 4) is 0 Å². The molecule has 4 aliphatic rings. The van der Waals surface area contributed by atoms with Gasteiger partial charge in [-0.25, -0.2) is 4.79 Å². The van der Waals surface area contributed by atoms with Crippen LogP contribution in [-0.4, -0.2) is 28.9 Å². The Morgan fingerprint density at radius 3 is 2.56 bits per heavy atom. The third-order valence-corrected chi connectivity index (χ3v) is 10.7. The van der Waals surface area contributed by atoms with Crippen molar-refractivity contribution < 1.29 is 24.2 Å². The van der Waals surface area contributed by atoms with E-state index in [1.165, 1.54) is 38.2 Å². The lowest BCUT2D eigenvalue weighted by Gasteiger charge is -2.58. The Balaban J connectivity index is 1.45. The van der Waals surface area contributed by atoms with Gasteiger partial charge in [-0.3, -0.25) is 4.79 Å². The molecule has 0 aromatic heterocycles. The summed E-state index contributed by atoms with van der Waals surface area (Å²) >= 11 is 0. The maximum absolute atomic E-state index is 11.5. The average molecular weight is 475 g/mol. The number of esters is 1. The molecule has 0 bridgehead atoms. The van der Waals surface area contributed by atoms with Gasteiger partial charge in [-0.1, -0.05) is 32.4 Å². The van der Waals surface area contributed by atoms with Crippen LogP contribution in [0.5, 0.6) is 0 Å². The molecule has 1 N–H and O–H groups in total. The number of carboxylic acid groups (broad SMARTS) is 1. The maximum atomic E-state index is 11.5. The molecule has 3 saturated carbocycles. The summed E-state index contributed by atoms with van der Waals surface area (Å²) in [6, 6.07) is 0. The highest BCUT2D eigenvalue weighted by atomic mass is 16.7. The summed E-state index contributed by atoms with van der Waals surface area (Å²) in [7, 11) is 0. The monoisotopic (exact) mass is 474 g/mol. The highest BCUT2D eigenvalue weighted by Crippen LogP contribution is 2.67. The molecule has 192 valence electrons. The van der Waals surface area contributed by atoms with E-state index in [0.717, 1.165) is 56.3 Å². The van der Waals surface area contributed by atoms with Crippen molar-refractivity contribution in [1.29, 1.82) is 0 Å². The van der Waals surface area contributed by atoms with E-state index in [0.29, 0.717) is 17.3 Å². The fraction of sp³-hybridized carbons (Fsp3) is 0.862. The van der Waals surface area contributed by atoms with E-state index in [-0.39, 0.29) is 23.1 Å². The van der Waals surface area contributed by atoms with Crippen molar-refractivity contribution in [2.45, 2.75) is 117 Å². The summed E-state index contributed by atoms with van der Waals surface area (Å²) in [5.41, 5.74) is 1.68. The van der Waals surface area contributed by atoms with Crippen molar-refractivity contribution in [3.63, 3.8) is 0 Å². The van der Waals surface area contributed by atoms with Crippen LogP contribution in [0.15, 0.2) is 11.6 Å². The van der Waals surface area contributed by atoms with Crippen LogP contribution >= 0.6 is 0 Å². The molecule has 0 radical (unpaired) electrons. The van der Waals surface area contributed by atoms with Crippen LogP contribution in [0.3, 0.4) is 0 Å². The van der Waals surface area contributed by atoms with Gasteiger partial charge in [0.1, 0.15) is 11.7 Å². The minimum atomic E-state index is -1.14. The second-order valence-corrected chi connectivity index (χ2v) is 13.1. The van der Waals surface area contributed by atoms with Crippen LogP contribution in [0.4, 0.5) is 4.79 Å².